The molecule has 0 aromatic heterocycles. The van der Waals surface area contributed by atoms with Crippen LogP contribution in [0.2, 0.25) is 0 Å². The number of nitrogens with one attached hydrogen (secondary N) is 2. The maximum atomic E-state index is 12.9. The minimum Gasteiger partial charge on any atom is -0.507 e. The van der Waals surface area contributed by atoms with Crippen molar-refractivity contribution in [1.82, 2.24) is 10.9 Å². The Labute approximate surface area is 116 Å². The van der Waals surface area contributed by atoms with Crippen LogP contribution in [0.4, 0.5) is 4.39 Å². The Bertz CT molecular complexity index is 665. The van der Waals surface area contributed by atoms with E-state index in [2.05, 4.69) is 10.9 Å². The number of phenolic OH excluding ortho intramolecular Hbond substituents is 1. The number of aryl methyl sites for hydroxylation is 1. The summed E-state index contributed by atoms with van der Waals surface area (Å²) < 4.78 is 12.9. The van der Waals surface area contributed by atoms with Gasteiger partial charge >= 0.3 is 0 Å². The van der Waals surface area contributed by atoms with E-state index >= 15 is 0 Å². The van der Waals surface area contributed by atoms with E-state index < -0.39 is 0 Å². The summed E-state index contributed by atoms with van der Waals surface area (Å²) in [7, 11) is 0. The van der Waals surface area contributed by atoms with Crippen LogP contribution in [0.5, 0.6) is 5.75 Å². The van der Waals surface area contributed by atoms with Gasteiger partial charge in [-0.1, -0.05) is 23.8 Å². The fourth-order valence-corrected chi connectivity index (χ4v) is 2.28. The molecular weight excluding hydrogens is 255 g/mol. The summed E-state index contributed by atoms with van der Waals surface area (Å²) in [6.07, 6.45) is 1.97. The molecule has 0 saturated heterocycles. The van der Waals surface area contributed by atoms with Crippen LogP contribution >= 0.6 is 0 Å². The number of hydrogen-bond donors (Lipinski definition) is 3. The summed E-state index contributed by atoms with van der Waals surface area (Å²) in [6, 6.07) is 11.8. The first kappa shape index (κ1) is 12.7. The lowest BCUT2D eigenvalue weighted by Gasteiger charge is -2.09. The van der Waals surface area contributed by atoms with Gasteiger partial charge in [-0.25, -0.2) is 9.82 Å². The zero-order valence-electron chi connectivity index (χ0n) is 11.0. The predicted octanol–water partition coefficient (Wildman–Crippen LogP) is 3.03. The molecule has 1 aliphatic rings. The Hall–Kier alpha value is -2.33. The Balaban J connectivity index is 1.91. The third kappa shape index (κ3) is 2.38. The van der Waals surface area contributed by atoms with Crippen LogP contribution in [0, 0.1) is 12.7 Å². The highest BCUT2D eigenvalue weighted by Crippen LogP contribution is 2.29. The molecule has 4 heteroatoms. The number of hydrazine groups is 1. The molecule has 0 fully saturated rings. The van der Waals surface area contributed by atoms with Gasteiger partial charge in [0.15, 0.2) is 0 Å². The second-order valence-electron chi connectivity index (χ2n) is 4.90. The first-order chi connectivity index (χ1) is 9.63. The van der Waals surface area contributed by atoms with Gasteiger partial charge in [0.1, 0.15) is 11.6 Å². The molecule has 2 aromatic rings. The summed E-state index contributed by atoms with van der Waals surface area (Å²) in [6.45, 7) is 1.98. The molecule has 0 bridgehead atoms. The minimum absolute atomic E-state index is 0.0505. The van der Waals surface area contributed by atoms with Gasteiger partial charge in [0.2, 0.25) is 0 Å². The number of aromatic hydroxyl groups is 1. The number of benzene rings is 2. The highest BCUT2D eigenvalue weighted by molar-refractivity contribution is 5.71. The summed E-state index contributed by atoms with van der Waals surface area (Å²) in [4.78, 5) is 0. The molecule has 102 valence electrons. The second kappa shape index (κ2) is 4.98. The topological polar surface area (TPSA) is 44.3 Å². The van der Waals surface area contributed by atoms with E-state index in [4.69, 9.17) is 0 Å². The molecular formula is C16H15FN2O. The third-order valence-electron chi connectivity index (χ3n) is 3.37. The molecule has 0 aliphatic carbocycles. The van der Waals surface area contributed by atoms with E-state index in [0.29, 0.717) is 0 Å². The van der Waals surface area contributed by atoms with Crippen molar-refractivity contribution < 1.29 is 9.50 Å². The standard InChI is InChI=1S/C16H15FN2O/c1-10-2-7-16(20)13(8-10)15-9-14(18-19-15)11-3-5-12(17)6-4-11/h2-9,14,18-20H,1H3/t14-/m1/s1. The number of hydrogen-bond acceptors (Lipinski definition) is 3. The smallest absolute Gasteiger partial charge is 0.124 e. The predicted molar refractivity (Wildman–Crippen MR) is 76.2 cm³/mol. The van der Waals surface area contributed by atoms with Gasteiger partial charge in [-0.2, -0.15) is 0 Å². The van der Waals surface area contributed by atoms with E-state index in [9.17, 15) is 9.50 Å². The van der Waals surface area contributed by atoms with Gasteiger partial charge in [0.05, 0.1) is 11.7 Å². The molecule has 3 rings (SSSR count). The van der Waals surface area contributed by atoms with Crippen LogP contribution in [-0.4, -0.2) is 5.11 Å². The molecule has 1 atom stereocenters. The van der Waals surface area contributed by atoms with Crippen LogP contribution in [0.25, 0.3) is 5.70 Å². The zero-order valence-corrected chi connectivity index (χ0v) is 11.0. The molecule has 3 nitrogen and oxygen atoms in total. The fraction of sp³-hybridized carbons (Fsp3) is 0.125. The average Bonchev–Trinajstić information content (AvgIpc) is 2.92. The molecule has 1 aliphatic heterocycles. The fourth-order valence-electron chi connectivity index (χ4n) is 2.28. The lowest BCUT2D eigenvalue weighted by molar-refractivity contribution is 0.472. The monoisotopic (exact) mass is 270 g/mol. The van der Waals surface area contributed by atoms with Crippen molar-refractivity contribution in [2.45, 2.75) is 13.0 Å². The van der Waals surface area contributed by atoms with Gasteiger partial charge in [0.25, 0.3) is 0 Å². The summed E-state index contributed by atoms with van der Waals surface area (Å²) in [5.74, 6) is -0.0175. The normalized spacial score (nSPS) is 17.7. The van der Waals surface area contributed by atoms with Gasteiger partial charge in [-0.3, -0.25) is 0 Å². The van der Waals surface area contributed by atoms with Crippen LogP contribution in [-0.2, 0) is 0 Å². The summed E-state index contributed by atoms with van der Waals surface area (Å²) in [5, 5.41) is 9.93. The molecule has 0 spiro atoms. The molecule has 0 amide bonds. The number of phenols is 1. The van der Waals surface area contributed by atoms with Gasteiger partial charge in [-0.15, -0.1) is 0 Å². The third-order valence-corrected chi connectivity index (χ3v) is 3.37. The van der Waals surface area contributed by atoms with Crippen molar-refractivity contribution in [2.75, 3.05) is 0 Å². The van der Waals surface area contributed by atoms with E-state index in [0.717, 1.165) is 22.4 Å². The minimum atomic E-state index is -0.250. The molecule has 1 heterocycles. The SMILES string of the molecule is Cc1ccc(O)c(C2=C[C@H](c3ccc(F)cc3)NN2)c1. The second-order valence-corrected chi connectivity index (χ2v) is 4.90. The van der Waals surface area contributed by atoms with Crippen molar-refractivity contribution in [3.05, 3.63) is 71.0 Å². The van der Waals surface area contributed by atoms with Crippen molar-refractivity contribution >= 4 is 5.70 Å². The van der Waals surface area contributed by atoms with Crippen molar-refractivity contribution in [1.29, 1.82) is 0 Å². The Morgan fingerprint density at radius 2 is 1.85 bits per heavy atom. The highest BCUT2D eigenvalue weighted by atomic mass is 19.1. The maximum Gasteiger partial charge on any atom is 0.124 e. The Kier molecular flexibility index (Phi) is 3.16. The summed E-state index contributed by atoms with van der Waals surface area (Å²) >= 11 is 0. The van der Waals surface area contributed by atoms with Crippen LogP contribution in [0.3, 0.4) is 0 Å². The van der Waals surface area contributed by atoms with E-state index in [-0.39, 0.29) is 17.6 Å². The van der Waals surface area contributed by atoms with Crippen LogP contribution in [0.1, 0.15) is 22.7 Å². The van der Waals surface area contributed by atoms with Crippen molar-refractivity contribution in [3.63, 3.8) is 0 Å². The zero-order chi connectivity index (χ0) is 14.1. The van der Waals surface area contributed by atoms with Gasteiger partial charge in [0, 0.05) is 5.56 Å². The van der Waals surface area contributed by atoms with E-state index in [1.54, 1.807) is 18.2 Å². The molecule has 0 saturated carbocycles. The lowest BCUT2D eigenvalue weighted by atomic mass is 10.0. The maximum absolute atomic E-state index is 12.9. The Morgan fingerprint density at radius 3 is 2.60 bits per heavy atom. The molecule has 2 aromatic carbocycles. The summed E-state index contributed by atoms with van der Waals surface area (Å²) in [5.41, 5.74) is 9.78. The van der Waals surface area contributed by atoms with Gasteiger partial charge < -0.3 is 10.5 Å². The first-order valence-electron chi connectivity index (χ1n) is 6.42. The number of halogens is 1. The largest absolute Gasteiger partial charge is 0.507 e. The molecule has 20 heavy (non-hydrogen) atoms. The van der Waals surface area contributed by atoms with E-state index in [1.165, 1.54) is 12.1 Å². The van der Waals surface area contributed by atoms with Gasteiger partial charge in [-0.05, 0) is 42.8 Å². The lowest BCUT2D eigenvalue weighted by Crippen LogP contribution is -2.26. The average molecular weight is 270 g/mol. The molecule has 0 unspecified atom stereocenters. The van der Waals surface area contributed by atoms with Crippen molar-refractivity contribution in [3.8, 4) is 5.75 Å². The highest BCUT2D eigenvalue weighted by Gasteiger charge is 2.19. The molecule has 0 radical (unpaired) electrons. The van der Waals surface area contributed by atoms with Crippen LogP contribution in [0.15, 0.2) is 48.5 Å². The molecule has 3 N–H and O–H groups in total. The van der Waals surface area contributed by atoms with Crippen molar-refractivity contribution in [2.24, 2.45) is 0 Å². The van der Waals surface area contributed by atoms with Crippen LogP contribution < -0.4 is 10.9 Å². The van der Waals surface area contributed by atoms with E-state index in [1.807, 2.05) is 25.1 Å². The quantitative estimate of drug-likeness (QED) is 0.786. The first-order valence-corrected chi connectivity index (χ1v) is 6.42. The Morgan fingerprint density at radius 1 is 1.10 bits per heavy atom. The number of rotatable bonds is 2.